The molecule has 0 aliphatic rings. The second-order valence-corrected chi connectivity index (χ2v) is 8.16. The Morgan fingerprint density at radius 2 is 1.55 bits per heavy atom. The number of thiazole rings is 1. The normalized spacial score (nSPS) is 10.8. The maximum atomic E-state index is 12.7. The molecule has 0 fully saturated rings. The minimum atomic E-state index is -0.185. The van der Waals surface area contributed by atoms with Crippen LogP contribution >= 0.6 is 11.3 Å². The highest BCUT2D eigenvalue weighted by Crippen LogP contribution is 2.29. The number of carbonyl (C=O) groups is 2. The number of hydrogen-bond donors (Lipinski definition) is 2. The highest BCUT2D eigenvalue weighted by molar-refractivity contribution is 7.17. The number of hydrogen-bond acceptors (Lipinski definition) is 4. The number of benzene rings is 2. The summed E-state index contributed by atoms with van der Waals surface area (Å²) in [6.07, 6.45) is 0.991. The van der Waals surface area contributed by atoms with Gasteiger partial charge in [0.2, 0.25) is 5.91 Å². The lowest BCUT2D eigenvalue weighted by Gasteiger charge is -2.09. The molecule has 0 atom stereocenters. The standard InChI is InChI=1S/C23H25N3O2S/c1-5-16-6-8-17(9-7-16)23-24-15(4)20(29-23)22(28)26-19-12-10-18(11-13-19)25-21(27)14(2)3/h6-14H,5H2,1-4H3,(H,25,27)(H,26,28). The molecule has 1 aromatic heterocycles. The molecule has 0 saturated heterocycles. The third-order valence-corrected chi connectivity index (χ3v) is 5.75. The van der Waals surface area contributed by atoms with Crippen LogP contribution in [-0.2, 0) is 11.2 Å². The van der Waals surface area contributed by atoms with Gasteiger partial charge in [-0.1, -0.05) is 45.0 Å². The summed E-state index contributed by atoms with van der Waals surface area (Å²) >= 11 is 1.39. The van der Waals surface area contributed by atoms with E-state index in [1.54, 1.807) is 24.3 Å². The molecule has 0 aliphatic heterocycles. The maximum absolute atomic E-state index is 12.7. The van der Waals surface area contributed by atoms with Crippen molar-refractivity contribution in [2.45, 2.75) is 34.1 Å². The first-order chi connectivity index (χ1) is 13.9. The minimum absolute atomic E-state index is 0.0402. The summed E-state index contributed by atoms with van der Waals surface area (Å²) in [5, 5.41) is 6.57. The summed E-state index contributed by atoms with van der Waals surface area (Å²) in [6, 6.07) is 15.4. The van der Waals surface area contributed by atoms with Crippen LogP contribution < -0.4 is 10.6 Å². The van der Waals surface area contributed by atoms with E-state index in [0.717, 1.165) is 17.0 Å². The predicted molar refractivity (Wildman–Crippen MR) is 120 cm³/mol. The monoisotopic (exact) mass is 407 g/mol. The molecule has 0 unspecified atom stereocenters. The molecule has 0 spiro atoms. The Hall–Kier alpha value is -2.99. The molecular weight excluding hydrogens is 382 g/mol. The van der Waals surface area contributed by atoms with Gasteiger partial charge in [-0.3, -0.25) is 9.59 Å². The van der Waals surface area contributed by atoms with Crippen molar-refractivity contribution in [2.75, 3.05) is 10.6 Å². The van der Waals surface area contributed by atoms with Crippen molar-refractivity contribution in [3.8, 4) is 10.6 Å². The summed E-state index contributed by atoms with van der Waals surface area (Å²) < 4.78 is 0. The van der Waals surface area contributed by atoms with Gasteiger partial charge < -0.3 is 10.6 Å². The molecule has 1 heterocycles. The number of nitrogens with one attached hydrogen (secondary N) is 2. The van der Waals surface area contributed by atoms with Gasteiger partial charge in [-0.25, -0.2) is 4.98 Å². The zero-order valence-corrected chi connectivity index (χ0v) is 17.9. The van der Waals surface area contributed by atoms with E-state index < -0.39 is 0 Å². The van der Waals surface area contributed by atoms with Gasteiger partial charge in [-0.2, -0.15) is 0 Å². The van der Waals surface area contributed by atoms with Crippen molar-refractivity contribution >= 4 is 34.5 Å². The second-order valence-electron chi connectivity index (χ2n) is 7.16. The number of carbonyl (C=O) groups excluding carboxylic acids is 2. The van der Waals surface area contributed by atoms with Crippen molar-refractivity contribution in [3.63, 3.8) is 0 Å². The third kappa shape index (κ3) is 5.09. The molecular formula is C23H25N3O2S. The lowest BCUT2D eigenvalue weighted by atomic mass is 10.1. The SMILES string of the molecule is CCc1ccc(-c2nc(C)c(C(=O)Nc3ccc(NC(=O)C(C)C)cc3)s2)cc1. The number of aromatic nitrogens is 1. The third-order valence-electron chi connectivity index (χ3n) is 4.55. The van der Waals surface area contributed by atoms with E-state index in [1.807, 2.05) is 32.9 Å². The van der Waals surface area contributed by atoms with Gasteiger partial charge in [0.25, 0.3) is 5.91 Å². The van der Waals surface area contributed by atoms with Crippen LogP contribution in [0.2, 0.25) is 0 Å². The van der Waals surface area contributed by atoms with Crippen LogP contribution in [-0.4, -0.2) is 16.8 Å². The van der Waals surface area contributed by atoms with E-state index in [2.05, 4.69) is 34.7 Å². The predicted octanol–water partition coefficient (Wildman–Crippen LogP) is 5.53. The molecule has 5 nitrogen and oxygen atoms in total. The van der Waals surface area contributed by atoms with Crippen molar-refractivity contribution < 1.29 is 9.59 Å². The summed E-state index contributed by atoms with van der Waals surface area (Å²) in [5.41, 5.74) is 4.36. The Bertz CT molecular complexity index is 1010. The van der Waals surface area contributed by atoms with Gasteiger partial charge >= 0.3 is 0 Å². The van der Waals surface area contributed by atoms with E-state index >= 15 is 0 Å². The highest BCUT2D eigenvalue weighted by Gasteiger charge is 2.16. The molecule has 0 aliphatic carbocycles. The maximum Gasteiger partial charge on any atom is 0.267 e. The molecule has 0 saturated carbocycles. The Balaban J connectivity index is 1.70. The fourth-order valence-corrected chi connectivity index (χ4v) is 3.69. The number of anilines is 2. The van der Waals surface area contributed by atoms with Gasteiger partial charge in [-0.15, -0.1) is 11.3 Å². The highest BCUT2D eigenvalue weighted by atomic mass is 32.1. The number of rotatable bonds is 6. The summed E-state index contributed by atoms with van der Waals surface area (Å²) in [6.45, 7) is 7.65. The molecule has 2 amide bonds. The van der Waals surface area contributed by atoms with E-state index in [4.69, 9.17) is 0 Å². The van der Waals surface area contributed by atoms with E-state index in [0.29, 0.717) is 21.9 Å². The number of amides is 2. The Kier molecular flexibility index (Phi) is 6.44. The summed E-state index contributed by atoms with van der Waals surface area (Å²) in [5.74, 6) is -0.312. The Morgan fingerprint density at radius 3 is 2.10 bits per heavy atom. The van der Waals surface area contributed by atoms with Crippen LogP contribution in [0.4, 0.5) is 11.4 Å². The number of aryl methyl sites for hydroxylation is 2. The first-order valence-corrected chi connectivity index (χ1v) is 10.5. The Labute approximate surface area is 175 Å². The average Bonchev–Trinajstić information content (AvgIpc) is 3.11. The minimum Gasteiger partial charge on any atom is -0.326 e. The average molecular weight is 408 g/mol. The number of nitrogens with zero attached hydrogens (tertiary/aromatic N) is 1. The molecule has 2 N–H and O–H groups in total. The van der Waals surface area contributed by atoms with Crippen LogP contribution in [0.25, 0.3) is 10.6 Å². The van der Waals surface area contributed by atoms with Gasteiger partial charge in [0.15, 0.2) is 0 Å². The molecule has 0 bridgehead atoms. The molecule has 29 heavy (non-hydrogen) atoms. The van der Waals surface area contributed by atoms with Crippen LogP contribution in [0, 0.1) is 12.8 Å². The second kappa shape index (κ2) is 9.01. The van der Waals surface area contributed by atoms with E-state index in [-0.39, 0.29) is 17.7 Å². The fourth-order valence-electron chi connectivity index (χ4n) is 2.72. The quantitative estimate of drug-likeness (QED) is 0.564. The van der Waals surface area contributed by atoms with Crippen LogP contribution in [0.1, 0.15) is 41.7 Å². The zero-order valence-electron chi connectivity index (χ0n) is 17.1. The van der Waals surface area contributed by atoms with E-state index in [9.17, 15) is 9.59 Å². The van der Waals surface area contributed by atoms with Crippen LogP contribution in [0.5, 0.6) is 0 Å². The van der Waals surface area contributed by atoms with Crippen molar-refractivity contribution in [3.05, 3.63) is 64.7 Å². The molecule has 0 radical (unpaired) electrons. The van der Waals surface area contributed by atoms with Crippen LogP contribution in [0.3, 0.4) is 0 Å². The topological polar surface area (TPSA) is 71.1 Å². The van der Waals surface area contributed by atoms with Gasteiger partial charge in [0.1, 0.15) is 9.88 Å². The van der Waals surface area contributed by atoms with Crippen molar-refractivity contribution in [1.82, 2.24) is 4.98 Å². The smallest absolute Gasteiger partial charge is 0.267 e. The summed E-state index contributed by atoms with van der Waals surface area (Å²) in [7, 11) is 0. The lowest BCUT2D eigenvalue weighted by Crippen LogP contribution is -2.17. The van der Waals surface area contributed by atoms with Gasteiger partial charge in [0.05, 0.1) is 5.69 Å². The first kappa shape index (κ1) is 20.7. The summed E-state index contributed by atoms with van der Waals surface area (Å²) in [4.78, 5) is 29.7. The molecule has 3 rings (SSSR count). The van der Waals surface area contributed by atoms with Gasteiger partial charge in [-0.05, 0) is 43.2 Å². The fraction of sp³-hybridized carbons (Fsp3) is 0.261. The van der Waals surface area contributed by atoms with Gasteiger partial charge in [0, 0.05) is 22.9 Å². The molecule has 2 aromatic carbocycles. The largest absolute Gasteiger partial charge is 0.326 e. The molecule has 150 valence electrons. The first-order valence-electron chi connectivity index (χ1n) is 9.66. The van der Waals surface area contributed by atoms with Crippen LogP contribution in [0.15, 0.2) is 48.5 Å². The van der Waals surface area contributed by atoms with Crippen molar-refractivity contribution in [2.24, 2.45) is 5.92 Å². The van der Waals surface area contributed by atoms with Crippen molar-refractivity contribution in [1.29, 1.82) is 0 Å². The lowest BCUT2D eigenvalue weighted by molar-refractivity contribution is -0.118. The molecule has 6 heteroatoms. The Morgan fingerprint density at radius 1 is 0.966 bits per heavy atom. The zero-order chi connectivity index (χ0) is 21.0. The van der Waals surface area contributed by atoms with E-state index in [1.165, 1.54) is 16.9 Å². The molecule has 3 aromatic rings.